The quantitative estimate of drug-likeness (QED) is 0.816. The molecular formula is C14H16BrN3O2S. The summed E-state index contributed by atoms with van der Waals surface area (Å²) in [4.78, 5) is 20.0. The van der Waals surface area contributed by atoms with Gasteiger partial charge < -0.3 is 5.11 Å². The molecular weight excluding hydrogens is 354 g/mol. The minimum atomic E-state index is -0.836. The number of carbonyl (C=O) groups is 1. The van der Waals surface area contributed by atoms with Gasteiger partial charge in [-0.1, -0.05) is 11.8 Å². The molecule has 21 heavy (non-hydrogen) atoms. The van der Waals surface area contributed by atoms with E-state index in [1.807, 2.05) is 6.07 Å². The van der Waals surface area contributed by atoms with E-state index in [2.05, 4.69) is 44.3 Å². The first-order chi connectivity index (χ1) is 9.89. The van der Waals surface area contributed by atoms with Crippen molar-refractivity contribution in [3.63, 3.8) is 0 Å². The van der Waals surface area contributed by atoms with E-state index in [1.165, 1.54) is 24.6 Å². The summed E-state index contributed by atoms with van der Waals surface area (Å²) >= 11 is 4.66. The van der Waals surface area contributed by atoms with Crippen LogP contribution in [0, 0.1) is 5.92 Å². The molecule has 0 atom stereocenters. The maximum atomic E-state index is 10.9. The number of pyridine rings is 1. The first kappa shape index (κ1) is 14.8. The highest BCUT2D eigenvalue weighted by molar-refractivity contribution is 9.10. The van der Waals surface area contributed by atoms with Gasteiger partial charge in [-0.15, -0.1) is 0 Å². The summed E-state index contributed by atoms with van der Waals surface area (Å²) in [5.74, 6) is -0.230. The summed E-state index contributed by atoms with van der Waals surface area (Å²) in [6.07, 6.45) is 4.16. The van der Waals surface area contributed by atoms with Crippen LogP contribution in [-0.4, -0.2) is 31.4 Å². The van der Waals surface area contributed by atoms with Gasteiger partial charge in [0.15, 0.2) is 10.8 Å². The van der Waals surface area contributed by atoms with Crippen LogP contribution < -0.4 is 0 Å². The van der Waals surface area contributed by atoms with Gasteiger partial charge in [0.1, 0.15) is 5.52 Å². The van der Waals surface area contributed by atoms with Gasteiger partial charge in [-0.2, -0.15) is 0 Å². The minimum Gasteiger partial charge on any atom is -0.481 e. The Morgan fingerprint density at radius 3 is 2.90 bits per heavy atom. The molecule has 0 unspecified atom stereocenters. The van der Waals surface area contributed by atoms with Gasteiger partial charge in [-0.05, 0) is 54.6 Å². The second-order valence-corrected chi connectivity index (χ2v) is 7.69. The molecule has 1 saturated carbocycles. The molecule has 2 aromatic heterocycles. The first-order valence-electron chi connectivity index (χ1n) is 6.78. The van der Waals surface area contributed by atoms with Gasteiger partial charge in [-0.25, -0.2) is 9.97 Å². The molecule has 0 aromatic carbocycles. The smallest absolute Gasteiger partial charge is 0.313 e. The van der Waals surface area contributed by atoms with Crippen molar-refractivity contribution in [2.75, 3.05) is 5.75 Å². The van der Waals surface area contributed by atoms with E-state index in [0.717, 1.165) is 20.8 Å². The Morgan fingerprint density at radius 2 is 2.29 bits per heavy atom. The zero-order chi connectivity index (χ0) is 15.2. The molecule has 3 rings (SSSR count). The predicted molar refractivity (Wildman–Crippen MR) is 85.6 cm³/mol. The van der Waals surface area contributed by atoms with Crippen molar-refractivity contribution < 1.29 is 9.90 Å². The monoisotopic (exact) mass is 369 g/mol. The molecule has 1 fully saturated rings. The van der Waals surface area contributed by atoms with Gasteiger partial charge in [0.2, 0.25) is 0 Å². The van der Waals surface area contributed by atoms with E-state index in [1.54, 1.807) is 6.20 Å². The van der Waals surface area contributed by atoms with Gasteiger partial charge >= 0.3 is 5.97 Å². The lowest BCUT2D eigenvalue weighted by atomic mass is 9.98. The number of carboxylic acids is 1. The summed E-state index contributed by atoms with van der Waals surface area (Å²) in [5.41, 5.74) is 1.52. The van der Waals surface area contributed by atoms with E-state index in [0.29, 0.717) is 5.92 Å². The molecule has 7 heteroatoms. The molecule has 0 radical (unpaired) electrons. The fourth-order valence-electron chi connectivity index (χ4n) is 2.63. The summed E-state index contributed by atoms with van der Waals surface area (Å²) in [6.45, 7) is 4.36. The Labute approximate surface area is 135 Å². The number of imidazole rings is 1. The number of rotatable bonds is 5. The predicted octanol–water partition coefficient (Wildman–Crippen LogP) is 3.52. The number of aromatic nitrogens is 3. The van der Waals surface area contributed by atoms with E-state index in [9.17, 15) is 4.79 Å². The van der Waals surface area contributed by atoms with Crippen molar-refractivity contribution in [3.05, 3.63) is 16.7 Å². The number of halogens is 1. The van der Waals surface area contributed by atoms with E-state index in [-0.39, 0.29) is 11.3 Å². The van der Waals surface area contributed by atoms with Crippen molar-refractivity contribution in [2.45, 2.75) is 37.4 Å². The van der Waals surface area contributed by atoms with Crippen LogP contribution in [0.4, 0.5) is 0 Å². The molecule has 0 amide bonds. The van der Waals surface area contributed by atoms with Crippen LogP contribution in [0.1, 0.15) is 26.7 Å². The van der Waals surface area contributed by atoms with Crippen LogP contribution >= 0.6 is 27.7 Å². The number of thioether (sulfide) groups is 1. The van der Waals surface area contributed by atoms with E-state index >= 15 is 0 Å². The molecule has 0 bridgehead atoms. The van der Waals surface area contributed by atoms with E-state index < -0.39 is 5.97 Å². The standard InChI is InChI=1S/C14H16BrN3O2S/c1-14(2,8-3-4-8)18-12-10(5-9(15)6-16-12)17-13(18)21-7-11(19)20/h5-6,8H,3-4,7H2,1-2H3,(H,19,20). The molecule has 0 saturated heterocycles. The van der Waals surface area contributed by atoms with Gasteiger partial charge in [-0.3, -0.25) is 9.36 Å². The second-order valence-electron chi connectivity index (χ2n) is 5.84. The molecule has 112 valence electrons. The highest BCUT2D eigenvalue weighted by Gasteiger charge is 2.41. The van der Waals surface area contributed by atoms with Crippen LogP contribution in [0.2, 0.25) is 0 Å². The topological polar surface area (TPSA) is 68.0 Å². The number of aliphatic carboxylic acids is 1. The maximum absolute atomic E-state index is 10.9. The molecule has 1 aliphatic carbocycles. The number of fused-ring (bicyclic) bond motifs is 1. The third-order valence-corrected chi connectivity index (χ3v) is 5.27. The number of carboxylic acid groups (broad SMARTS) is 1. The van der Waals surface area contributed by atoms with Crippen molar-refractivity contribution in [1.82, 2.24) is 14.5 Å². The zero-order valence-electron chi connectivity index (χ0n) is 11.8. The molecule has 2 heterocycles. The Kier molecular flexibility index (Phi) is 3.73. The SMILES string of the molecule is CC(C)(C1CC1)n1c(SCC(=O)O)nc2cc(Br)cnc21. The van der Waals surface area contributed by atoms with Crippen LogP contribution in [0.15, 0.2) is 21.9 Å². The van der Waals surface area contributed by atoms with Crippen molar-refractivity contribution >= 4 is 44.8 Å². The second kappa shape index (κ2) is 5.28. The number of nitrogens with zero attached hydrogens (tertiary/aromatic N) is 3. The lowest BCUT2D eigenvalue weighted by molar-refractivity contribution is -0.133. The lowest BCUT2D eigenvalue weighted by Gasteiger charge is -2.28. The third kappa shape index (κ3) is 2.81. The Morgan fingerprint density at radius 1 is 1.57 bits per heavy atom. The Balaban J connectivity index is 2.12. The summed E-state index contributed by atoms with van der Waals surface area (Å²) < 4.78 is 2.98. The van der Waals surface area contributed by atoms with Crippen LogP contribution in [0.25, 0.3) is 11.2 Å². The highest BCUT2D eigenvalue weighted by Crippen LogP contribution is 2.46. The summed E-state index contributed by atoms with van der Waals surface area (Å²) in [7, 11) is 0. The van der Waals surface area contributed by atoms with Crippen molar-refractivity contribution in [2.24, 2.45) is 5.92 Å². The molecule has 1 aliphatic rings. The van der Waals surface area contributed by atoms with Gasteiger partial charge in [0, 0.05) is 16.2 Å². The third-order valence-electron chi connectivity index (χ3n) is 3.91. The Bertz CT molecular complexity index is 710. The number of hydrogen-bond acceptors (Lipinski definition) is 4. The van der Waals surface area contributed by atoms with Crippen molar-refractivity contribution in [3.8, 4) is 0 Å². The molecule has 0 aliphatic heterocycles. The fourth-order valence-corrected chi connectivity index (χ4v) is 3.82. The average molecular weight is 370 g/mol. The average Bonchev–Trinajstić information content (AvgIpc) is 3.18. The molecule has 0 spiro atoms. The molecule has 5 nitrogen and oxygen atoms in total. The largest absolute Gasteiger partial charge is 0.481 e. The minimum absolute atomic E-state index is 0.00520. The molecule has 1 N–H and O–H groups in total. The van der Waals surface area contributed by atoms with Gasteiger partial charge in [0.25, 0.3) is 0 Å². The lowest BCUT2D eigenvalue weighted by Crippen LogP contribution is -2.29. The summed E-state index contributed by atoms with van der Waals surface area (Å²) in [5, 5.41) is 9.66. The van der Waals surface area contributed by atoms with Crippen LogP contribution in [0.5, 0.6) is 0 Å². The zero-order valence-corrected chi connectivity index (χ0v) is 14.2. The first-order valence-corrected chi connectivity index (χ1v) is 8.56. The van der Waals surface area contributed by atoms with Gasteiger partial charge in [0.05, 0.1) is 5.75 Å². The normalized spacial score (nSPS) is 15.6. The summed E-state index contributed by atoms with van der Waals surface area (Å²) in [6, 6.07) is 1.92. The Hall–Kier alpha value is -1.08. The maximum Gasteiger partial charge on any atom is 0.313 e. The fraction of sp³-hybridized carbons (Fsp3) is 0.500. The highest BCUT2D eigenvalue weighted by atomic mass is 79.9. The number of hydrogen-bond donors (Lipinski definition) is 1. The van der Waals surface area contributed by atoms with Crippen LogP contribution in [-0.2, 0) is 10.3 Å². The van der Waals surface area contributed by atoms with Crippen LogP contribution in [0.3, 0.4) is 0 Å². The van der Waals surface area contributed by atoms with Crippen molar-refractivity contribution in [1.29, 1.82) is 0 Å². The molecule has 2 aromatic rings. The van der Waals surface area contributed by atoms with E-state index in [4.69, 9.17) is 5.11 Å².